The van der Waals surface area contributed by atoms with Gasteiger partial charge in [-0.2, -0.15) is 0 Å². The number of hydrogen-bond donors (Lipinski definition) is 0. The first-order chi connectivity index (χ1) is 12.2. The average molecular weight is 333 g/mol. The van der Waals surface area contributed by atoms with Crippen LogP contribution in [0.5, 0.6) is 0 Å². The second kappa shape index (κ2) is 8.17. The molecule has 0 bridgehead atoms. The molecule has 2 nitrogen and oxygen atoms in total. The van der Waals surface area contributed by atoms with Crippen molar-refractivity contribution in [2.45, 2.75) is 19.8 Å². The zero-order valence-electron chi connectivity index (χ0n) is 15.5. The summed E-state index contributed by atoms with van der Waals surface area (Å²) < 4.78 is 5.63. The van der Waals surface area contributed by atoms with Crippen LogP contribution in [0.3, 0.4) is 0 Å². The maximum Gasteiger partial charge on any atom is 0.0656 e. The standard InChI is InChI=1S/C23H27NO/c1-4-25-17-16-20(18-10-6-5-7-11-18)22-15-14-19-12-8-9-13-21(19)23(22)24(2)3/h5-13,16H,4,14-15,17H2,1-3H3/b20-16+. The van der Waals surface area contributed by atoms with Crippen molar-refractivity contribution in [3.05, 3.63) is 82.9 Å². The topological polar surface area (TPSA) is 12.5 Å². The number of hydrogen-bond acceptors (Lipinski definition) is 2. The maximum atomic E-state index is 5.63. The lowest BCUT2D eigenvalue weighted by molar-refractivity contribution is 0.178. The van der Waals surface area contributed by atoms with Crippen LogP contribution in [0.4, 0.5) is 0 Å². The highest BCUT2D eigenvalue weighted by Gasteiger charge is 2.23. The molecular formula is C23H27NO. The van der Waals surface area contributed by atoms with Crippen molar-refractivity contribution in [2.24, 2.45) is 0 Å². The first-order valence-electron chi connectivity index (χ1n) is 9.04. The number of fused-ring (bicyclic) bond motifs is 1. The molecule has 3 rings (SSSR count). The van der Waals surface area contributed by atoms with Gasteiger partial charge < -0.3 is 9.64 Å². The van der Waals surface area contributed by atoms with Crippen molar-refractivity contribution in [1.29, 1.82) is 0 Å². The molecule has 2 aromatic carbocycles. The Morgan fingerprint density at radius 1 is 1.00 bits per heavy atom. The lowest BCUT2D eigenvalue weighted by Crippen LogP contribution is -2.18. The lowest BCUT2D eigenvalue weighted by Gasteiger charge is -2.30. The van der Waals surface area contributed by atoms with Gasteiger partial charge in [-0.25, -0.2) is 0 Å². The van der Waals surface area contributed by atoms with E-state index in [1.54, 1.807) is 0 Å². The van der Waals surface area contributed by atoms with Gasteiger partial charge in [0.05, 0.1) is 6.61 Å². The molecule has 25 heavy (non-hydrogen) atoms. The third-order valence-corrected chi connectivity index (χ3v) is 4.67. The zero-order valence-corrected chi connectivity index (χ0v) is 15.5. The number of nitrogens with zero attached hydrogens (tertiary/aromatic N) is 1. The monoisotopic (exact) mass is 333 g/mol. The molecule has 130 valence electrons. The molecule has 0 fully saturated rings. The third kappa shape index (κ3) is 3.85. The van der Waals surface area contributed by atoms with E-state index in [2.05, 4.69) is 79.7 Å². The van der Waals surface area contributed by atoms with Gasteiger partial charge in [0.15, 0.2) is 0 Å². The minimum atomic E-state index is 0.645. The first-order valence-corrected chi connectivity index (χ1v) is 9.04. The Morgan fingerprint density at radius 3 is 2.44 bits per heavy atom. The number of benzene rings is 2. The van der Waals surface area contributed by atoms with E-state index in [9.17, 15) is 0 Å². The average Bonchev–Trinajstić information content (AvgIpc) is 2.65. The van der Waals surface area contributed by atoms with Crippen LogP contribution in [0.1, 0.15) is 30.0 Å². The highest BCUT2D eigenvalue weighted by molar-refractivity contribution is 5.90. The van der Waals surface area contributed by atoms with Crippen LogP contribution in [-0.2, 0) is 11.2 Å². The summed E-state index contributed by atoms with van der Waals surface area (Å²) in [6.07, 6.45) is 4.38. The van der Waals surface area contributed by atoms with Crippen molar-refractivity contribution in [3.8, 4) is 0 Å². The molecule has 0 atom stereocenters. The molecule has 0 saturated heterocycles. The van der Waals surface area contributed by atoms with Crippen molar-refractivity contribution in [3.63, 3.8) is 0 Å². The summed E-state index contributed by atoms with van der Waals surface area (Å²) in [6, 6.07) is 19.4. The second-order valence-electron chi connectivity index (χ2n) is 6.52. The Morgan fingerprint density at radius 2 is 1.72 bits per heavy atom. The van der Waals surface area contributed by atoms with E-state index >= 15 is 0 Å². The molecule has 0 aliphatic heterocycles. The molecule has 0 spiro atoms. The fourth-order valence-corrected chi connectivity index (χ4v) is 3.58. The van der Waals surface area contributed by atoms with Gasteiger partial charge in [0.2, 0.25) is 0 Å². The molecule has 1 aliphatic carbocycles. The molecule has 0 unspecified atom stereocenters. The molecule has 2 heteroatoms. The number of rotatable bonds is 6. The number of allylic oxidation sites excluding steroid dienone is 2. The summed E-state index contributed by atoms with van der Waals surface area (Å²) in [4.78, 5) is 2.25. The van der Waals surface area contributed by atoms with Crippen molar-refractivity contribution in [2.75, 3.05) is 27.3 Å². The van der Waals surface area contributed by atoms with E-state index in [4.69, 9.17) is 4.74 Å². The van der Waals surface area contributed by atoms with E-state index in [1.807, 2.05) is 6.92 Å². The smallest absolute Gasteiger partial charge is 0.0656 e. The van der Waals surface area contributed by atoms with Crippen LogP contribution in [0.15, 0.2) is 66.2 Å². The molecule has 0 amide bonds. The highest BCUT2D eigenvalue weighted by atomic mass is 16.5. The molecule has 0 aromatic heterocycles. The van der Waals surface area contributed by atoms with E-state index < -0.39 is 0 Å². The summed E-state index contributed by atoms with van der Waals surface area (Å²) in [6.45, 7) is 3.42. The summed E-state index contributed by atoms with van der Waals surface area (Å²) in [5.41, 5.74) is 8.09. The van der Waals surface area contributed by atoms with Crippen molar-refractivity contribution < 1.29 is 4.74 Å². The lowest BCUT2D eigenvalue weighted by atomic mass is 9.83. The van der Waals surface area contributed by atoms with E-state index in [0.29, 0.717) is 6.61 Å². The van der Waals surface area contributed by atoms with E-state index in [0.717, 1.165) is 19.4 Å². The Hall–Kier alpha value is -2.32. The third-order valence-electron chi connectivity index (χ3n) is 4.67. The zero-order chi connectivity index (χ0) is 17.6. The molecule has 0 heterocycles. The minimum absolute atomic E-state index is 0.645. The highest BCUT2D eigenvalue weighted by Crippen LogP contribution is 2.39. The summed E-state index contributed by atoms with van der Waals surface area (Å²) in [5.74, 6) is 0. The van der Waals surface area contributed by atoms with Gasteiger partial charge in [-0.3, -0.25) is 0 Å². The normalized spacial score (nSPS) is 14.4. The summed E-state index contributed by atoms with van der Waals surface area (Å²) in [7, 11) is 4.28. The molecule has 0 N–H and O–H groups in total. The number of aryl methyl sites for hydroxylation is 1. The van der Waals surface area contributed by atoms with E-state index in [1.165, 1.54) is 33.5 Å². The van der Waals surface area contributed by atoms with Gasteiger partial charge >= 0.3 is 0 Å². The van der Waals surface area contributed by atoms with Crippen LogP contribution in [0.2, 0.25) is 0 Å². The molecule has 0 radical (unpaired) electrons. The van der Waals surface area contributed by atoms with Crippen LogP contribution < -0.4 is 0 Å². The molecular weight excluding hydrogens is 306 g/mol. The van der Waals surface area contributed by atoms with Crippen LogP contribution in [0, 0.1) is 0 Å². The second-order valence-corrected chi connectivity index (χ2v) is 6.52. The van der Waals surface area contributed by atoms with Crippen LogP contribution in [-0.4, -0.2) is 32.2 Å². The fraction of sp³-hybridized carbons (Fsp3) is 0.304. The summed E-state index contributed by atoms with van der Waals surface area (Å²) in [5, 5.41) is 0. The number of ether oxygens (including phenoxy) is 1. The summed E-state index contributed by atoms with van der Waals surface area (Å²) >= 11 is 0. The predicted molar refractivity (Wildman–Crippen MR) is 106 cm³/mol. The van der Waals surface area contributed by atoms with E-state index in [-0.39, 0.29) is 0 Å². The maximum absolute atomic E-state index is 5.63. The van der Waals surface area contributed by atoms with Gasteiger partial charge in [0.1, 0.15) is 0 Å². The first kappa shape index (κ1) is 17.5. The quantitative estimate of drug-likeness (QED) is 0.688. The Bertz CT molecular complexity index is 772. The largest absolute Gasteiger partial charge is 0.378 e. The van der Waals surface area contributed by atoms with Gasteiger partial charge in [0, 0.05) is 32.0 Å². The molecule has 1 aliphatic rings. The molecule has 0 saturated carbocycles. The van der Waals surface area contributed by atoms with Gasteiger partial charge in [0.25, 0.3) is 0 Å². The Kier molecular flexibility index (Phi) is 5.72. The van der Waals surface area contributed by atoms with Gasteiger partial charge in [-0.15, -0.1) is 0 Å². The Labute approximate surface area is 151 Å². The van der Waals surface area contributed by atoms with Crippen molar-refractivity contribution >= 4 is 11.3 Å². The predicted octanol–water partition coefficient (Wildman–Crippen LogP) is 5.03. The molecule has 2 aromatic rings. The van der Waals surface area contributed by atoms with Crippen LogP contribution >= 0.6 is 0 Å². The van der Waals surface area contributed by atoms with Gasteiger partial charge in [-0.1, -0.05) is 60.7 Å². The Balaban J connectivity index is 2.14. The van der Waals surface area contributed by atoms with Crippen LogP contribution in [0.25, 0.3) is 11.3 Å². The SMILES string of the molecule is CCOC/C=C(/C1=C(N(C)C)c2ccccc2CC1)c1ccccc1. The minimum Gasteiger partial charge on any atom is -0.378 e. The van der Waals surface area contributed by atoms with Gasteiger partial charge in [-0.05, 0) is 42.0 Å². The van der Waals surface area contributed by atoms with Crippen molar-refractivity contribution in [1.82, 2.24) is 4.90 Å². The fourth-order valence-electron chi connectivity index (χ4n) is 3.58.